The van der Waals surface area contributed by atoms with Gasteiger partial charge in [0, 0.05) is 23.1 Å². The Morgan fingerprint density at radius 2 is 1.82 bits per heavy atom. The number of alkyl carbamates (subject to hydrolysis) is 1. The van der Waals surface area contributed by atoms with E-state index in [0.29, 0.717) is 63.0 Å². The Morgan fingerprint density at radius 1 is 1.10 bits per heavy atom. The number of allylic oxidation sites excluding steroid dienone is 1. The maximum absolute atomic E-state index is 14.8. The third-order valence-electron chi connectivity index (χ3n) is 12.6. The van der Waals surface area contributed by atoms with Gasteiger partial charge in [0.1, 0.15) is 40.9 Å². The molecule has 1 saturated heterocycles. The third kappa shape index (κ3) is 8.34. The lowest BCUT2D eigenvalue weighted by Gasteiger charge is -2.34. The van der Waals surface area contributed by atoms with Gasteiger partial charge in [-0.1, -0.05) is 44.2 Å². The molecule has 1 aromatic carbocycles. The average Bonchev–Trinajstić information content (AvgIpc) is 4.09. The lowest BCUT2D eigenvalue weighted by atomic mass is 9.88. The standard InChI is InChI=1S/C41H51F4N5O9S/c1-23-10-5-6-11-25-20-40(25,36(53)49-60(55,56)39(22-42)15-16-39)48-33(51)30-19-26(58-34-28-13-8-7-12-27(28)32-29(46-34)14-9-17-57-32)21-50(30)35(52)31(24(2)18-23)47-37(54)59-38(3,4)41(43,44)45/h6-8,11-13,23-26,30-31H,5,9-10,14-22H2,1-4H3,(H,47,54)(H,48,51)(H,49,53)/b11-6-/t23-,24-,25-,26-,30+,31+,40-/m1/s1. The van der Waals surface area contributed by atoms with Crippen molar-refractivity contribution in [1.29, 1.82) is 0 Å². The van der Waals surface area contributed by atoms with Gasteiger partial charge < -0.3 is 29.7 Å². The number of sulfonamides is 1. The van der Waals surface area contributed by atoms with E-state index in [9.17, 15) is 45.2 Å². The van der Waals surface area contributed by atoms with Crippen LogP contribution in [0.2, 0.25) is 0 Å². The molecule has 7 atom stereocenters. The zero-order valence-corrected chi connectivity index (χ0v) is 34.7. The number of aromatic nitrogens is 1. The van der Waals surface area contributed by atoms with Crippen molar-refractivity contribution in [3.8, 4) is 11.6 Å². The number of halogens is 4. The first-order valence-electron chi connectivity index (χ1n) is 20.4. The van der Waals surface area contributed by atoms with E-state index >= 15 is 0 Å². The summed E-state index contributed by atoms with van der Waals surface area (Å²) in [4.78, 5) is 62.5. The first-order chi connectivity index (χ1) is 28.2. The van der Waals surface area contributed by atoms with Gasteiger partial charge in [0.05, 0.1) is 18.8 Å². The molecular formula is C41H51F4N5O9S. The lowest BCUT2D eigenvalue weighted by molar-refractivity contribution is -0.244. The second-order valence-corrected chi connectivity index (χ2v) is 19.6. The molecule has 60 heavy (non-hydrogen) atoms. The number of fused-ring (bicyclic) bond motifs is 5. The fraction of sp³-hybridized carbons (Fsp3) is 0.634. The van der Waals surface area contributed by atoms with Crippen molar-refractivity contribution in [2.24, 2.45) is 17.8 Å². The zero-order valence-electron chi connectivity index (χ0n) is 33.9. The van der Waals surface area contributed by atoms with Crippen LogP contribution in [0.1, 0.15) is 84.8 Å². The van der Waals surface area contributed by atoms with Crippen LogP contribution in [0.5, 0.6) is 11.6 Å². The zero-order chi connectivity index (χ0) is 43.4. The van der Waals surface area contributed by atoms with Crippen molar-refractivity contribution in [2.75, 3.05) is 19.8 Å². The van der Waals surface area contributed by atoms with Crippen LogP contribution in [-0.4, -0.2) is 102 Å². The second-order valence-electron chi connectivity index (χ2n) is 17.5. The van der Waals surface area contributed by atoms with Gasteiger partial charge >= 0.3 is 12.3 Å². The minimum Gasteiger partial charge on any atom is -0.491 e. The summed E-state index contributed by atoms with van der Waals surface area (Å²) < 4.78 is 99.2. The predicted octanol–water partition coefficient (Wildman–Crippen LogP) is 5.18. The summed E-state index contributed by atoms with van der Waals surface area (Å²) in [6.07, 6.45) is -1.08. The number of ether oxygens (including phenoxy) is 3. The van der Waals surface area contributed by atoms with E-state index in [-0.39, 0.29) is 44.0 Å². The molecule has 14 nitrogen and oxygen atoms in total. The largest absolute Gasteiger partial charge is 0.491 e. The topological polar surface area (TPSA) is 182 Å². The van der Waals surface area contributed by atoms with Gasteiger partial charge in [-0.3, -0.25) is 19.1 Å². The normalized spacial score (nSPS) is 29.9. The molecule has 3 fully saturated rings. The molecule has 328 valence electrons. The quantitative estimate of drug-likeness (QED) is 0.236. The average molecular weight is 866 g/mol. The molecule has 1 aromatic heterocycles. The summed E-state index contributed by atoms with van der Waals surface area (Å²) in [6.45, 7) is 4.05. The number of aryl methyl sites for hydroxylation is 1. The number of rotatable bonds is 8. The molecule has 3 aliphatic heterocycles. The molecule has 3 N–H and O–H groups in total. The molecule has 4 heterocycles. The van der Waals surface area contributed by atoms with Crippen LogP contribution in [0.4, 0.5) is 22.4 Å². The fourth-order valence-corrected chi connectivity index (χ4v) is 9.87. The number of hydrogen-bond donors (Lipinski definition) is 3. The van der Waals surface area contributed by atoms with Gasteiger partial charge in [0.25, 0.3) is 5.91 Å². The third-order valence-corrected chi connectivity index (χ3v) is 14.7. The van der Waals surface area contributed by atoms with Crippen LogP contribution >= 0.6 is 0 Å². The van der Waals surface area contributed by atoms with Gasteiger partial charge in [-0.25, -0.2) is 22.6 Å². The summed E-state index contributed by atoms with van der Waals surface area (Å²) in [5, 5.41) is 6.48. The van der Waals surface area contributed by atoms with E-state index < -0.39 is 92.6 Å². The molecular weight excluding hydrogens is 815 g/mol. The molecule has 5 aliphatic rings. The lowest BCUT2D eigenvalue weighted by Crippen LogP contribution is -2.60. The van der Waals surface area contributed by atoms with Crippen LogP contribution < -0.4 is 24.8 Å². The summed E-state index contributed by atoms with van der Waals surface area (Å²) in [5.41, 5.74) is -4.00. The van der Waals surface area contributed by atoms with E-state index in [0.717, 1.165) is 11.8 Å². The van der Waals surface area contributed by atoms with Crippen molar-refractivity contribution in [1.82, 2.24) is 25.2 Å². The Kier molecular flexibility index (Phi) is 11.6. The minimum atomic E-state index is -4.93. The van der Waals surface area contributed by atoms with Gasteiger partial charge in [-0.15, -0.1) is 0 Å². The molecule has 2 aromatic rings. The van der Waals surface area contributed by atoms with Crippen molar-refractivity contribution in [3.05, 3.63) is 42.1 Å². The Balaban J connectivity index is 1.24. The van der Waals surface area contributed by atoms with Crippen LogP contribution in [0, 0.1) is 17.8 Å². The number of benzene rings is 1. The van der Waals surface area contributed by atoms with Crippen LogP contribution in [0.3, 0.4) is 0 Å². The van der Waals surface area contributed by atoms with E-state index in [1.807, 2.05) is 29.9 Å². The fourth-order valence-electron chi connectivity index (χ4n) is 8.45. The Bertz CT molecular complexity index is 2180. The first-order valence-corrected chi connectivity index (χ1v) is 21.9. The first kappa shape index (κ1) is 43.4. The molecule has 19 heteroatoms. The number of pyridine rings is 1. The summed E-state index contributed by atoms with van der Waals surface area (Å²) >= 11 is 0. The number of carbonyl (C=O) groups is 4. The highest BCUT2D eigenvalue weighted by Gasteiger charge is 2.64. The van der Waals surface area contributed by atoms with E-state index in [4.69, 9.17) is 19.2 Å². The smallest absolute Gasteiger partial charge is 0.427 e. The molecule has 0 bridgehead atoms. The Labute approximate surface area is 345 Å². The molecule has 7 rings (SSSR count). The minimum absolute atomic E-state index is 0.0184. The Hall–Kier alpha value is -4.68. The van der Waals surface area contributed by atoms with Crippen molar-refractivity contribution < 1.29 is 59.4 Å². The number of nitrogens with zero attached hydrogens (tertiary/aromatic N) is 2. The number of nitrogens with one attached hydrogen (secondary N) is 3. The SMILES string of the molecule is C[C@@H]1CC/C=C\[C@@H]2C[C@@]2(C(=O)NS(=O)(=O)C2(CF)CC2)NC(=O)[C@@H]2C[C@@H](Oc3nc4c(c5ccccc35)OCCC4)CN2C(=O)[C@@H](NC(=O)OC(C)(C)C(F)(F)F)[C@H](C)C1. The number of carbonyl (C=O) groups excluding carboxylic acids is 4. The maximum Gasteiger partial charge on any atom is 0.427 e. The predicted molar refractivity (Wildman–Crippen MR) is 209 cm³/mol. The number of amides is 4. The van der Waals surface area contributed by atoms with Crippen molar-refractivity contribution >= 4 is 44.6 Å². The van der Waals surface area contributed by atoms with Crippen LogP contribution in [0.15, 0.2) is 36.4 Å². The summed E-state index contributed by atoms with van der Waals surface area (Å²) in [7, 11) is -4.46. The second kappa shape index (κ2) is 16.0. The van der Waals surface area contributed by atoms with Crippen molar-refractivity contribution in [2.45, 2.75) is 126 Å². The van der Waals surface area contributed by atoms with Crippen LogP contribution in [-0.2, 0) is 35.6 Å². The highest BCUT2D eigenvalue weighted by atomic mass is 32.2. The molecule has 2 aliphatic carbocycles. The van der Waals surface area contributed by atoms with Gasteiger partial charge in [0.2, 0.25) is 33.3 Å². The number of hydrogen-bond acceptors (Lipinski definition) is 10. The van der Waals surface area contributed by atoms with Crippen LogP contribution in [0.25, 0.3) is 10.8 Å². The van der Waals surface area contributed by atoms with E-state index in [1.54, 1.807) is 25.1 Å². The number of alkyl halides is 4. The van der Waals surface area contributed by atoms with Crippen molar-refractivity contribution in [3.63, 3.8) is 0 Å². The molecule has 0 unspecified atom stereocenters. The summed E-state index contributed by atoms with van der Waals surface area (Å²) in [5.74, 6) is -3.20. The van der Waals surface area contributed by atoms with Gasteiger partial charge in [0.15, 0.2) is 0 Å². The highest BCUT2D eigenvalue weighted by Crippen LogP contribution is 2.48. The monoisotopic (exact) mass is 865 g/mol. The molecule has 0 spiro atoms. The van der Waals surface area contributed by atoms with E-state index in [1.165, 1.54) is 4.90 Å². The van der Waals surface area contributed by atoms with Gasteiger partial charge in [-0.05, 0) is 83.1 Å². The molecule has 4 amide bonds. The Morgan fingerprint density at radius 3 is 2.50 bits per heavy atom. The molecule has 0 radical (unpaired) electrons. The van der Waals surface area contributed by atoms with Gasteiger partial charge in [-0.2, -0.15) is 13.2 Å². The molecule has 2 saturated carbocycles. The highest BCUT2D eigenvalue weighted by molar-refractivity contribution is 7.91. The summed E-state index contributed by atoms with van der Waals surface area (Å²) in [6, 6.07) is 4.46. The maximum atomic E-state index is 14.8. The van der Waals surface area contributed by atoms with E-state index in [2.05, 4.69) is 10.6 Å².